The van der Waals surface area contributed by atoms with E-state index in [0.29, 0.717) is 5.69 Å². The van der Waals surface area contributed by atoms with Gasteiger partial charge in [0.1, 0.15) is 17.2 Å². The molecule has 0 aliphatic heterocycles. The van der Waals surface area contributed by atoms with E-state index in [-0.39, 0.29) is 16.7 Å². The van der Waals surface area contributed by atoms with Gasteiger partial charge in [-0.05, 0) is 36.8 Å². The molecule has 3 rings (SSSR count). The molecule has 1 heterocycles. The van der Waals surface area contributed by atoms with Gasteiger partial charge < -0.3 is 5.32 Å². The minimum Gasteiger partial charge on any atom is -0.340 e. The summed E-state index contributed by atoms with van der Waals surface area (Å²) in [5.41, 5.74) is 1.11. The summed E-state index contributed by atoms with van der Waals surface area (Å²) in [6, 6.07) is 11.0. The predicted octanol–water partition coefficient (Wildman–Crippen LogP) is 4.84. The van der Waals surface area contributed by atoms with E-state index in [2.05, 4.69) is 15.3 Å². The molecule has 3 nitrogen and oxygen atoms in total. The van der Waals surface area contributed by atoms with E-state index >= 15 is 0 Å². The molecule has 0 radical (unpaired) electrons. The van der Waals surface area contributed by atoms with Crippen molar-refractivity contribution in [1.82, 2.24) is 9.97 Å². The van der Waals surface area contributed by atoms with Crippen molar-refractivity contribution in [2.24, 2.45) is 0 Å². The standard InChI is InChI=1S/C16H11F4N3/c1-9-4-2-5-10(8-9)21-14-11-6-3-7-12(17)13(11)22-15(23-14)16(18,19)20/h2-8H,1H3,(H,21,22,23). The van der Waals surface area contributed by atoms with Crippen molar-refractivity contribution in [3.05, 3.63) is 59.7 Å². The van der Waals surface area contributed by atoms with Gasteiger partial charge in [0, 0.05) is 11.1 Å². The summed E-state index contributed by atoms with van der Waals surface area (Å²) in [5.74, 6) is -2.31. The molecule has 7 heteroatoms. The topological polar surface area (TPSA) is 37.8 Å². The molecule has 1 N–H and O–H groups in total. The first-order chi connectivity index (χ1) is 10.8. The average Bonchev–Trinajstić information content (AvgIpc) is 2.47. The first-order valence-electron chi connectivity index (χ1n) is 6.72. The molecule has 0 amide bonds. The second kappa shape index (κ2) is 5.49. The van der Waals surface area contributed by atoms with Crippen LogP contribution < -0.4 is 5.32 Å². The van der Waals surface area contributed by atoms with E-state index in [4.69, 9.17) is 0 Å². The molecule has 3 aromatic rings. The SMILES string of the molecule is Cc1cccc(Nc2nc(C(F)(F)F)nc3c(F)cccc23)c1. The molecule has 0 spiro atoms. The smallest absolute Gasteiger partial charge is 0.340 e. The zero-order valence-corrected chi connectivity index (χ0v) is 11.9. The number of aromatic nitrogens is 2. The summed E-state index contributed by atoms with van der Waals surface area (Å²) in [7, 11) is 0. The van der Waals surface area contributed by atoms with Crippen molar-refractivity contribution in [2.45, 2.75) is 13.1 Å². The first-order valence-corrected chi connectivity index (χ1v) is 6.72. The monoisotopic (exact) mass is 321 g/mol. The number of nitrogens with one attached hydrogen (secondary N) is 1. The number of alkyl halides is 3. The van der Waals surface area contributed by atoms with E-state index in [0.717, 1.165) is 11.6 Å². The normalized spacial score (nSPS) is 11.7. The van der Waals surface area contributed by atoms with Crippen LogP contribution >= 0.6 is 0 Å². The summed E-state index contributed by atoms with van der Waals surface area (Å²) < 4.78 is 52.7. The molecular formula is C16H11F4N3. The summed E-state index contributed by atoms with van der Waals surface area (Å²) in [4.78, 5) is 6.84. The van der Waals surface area contributed by atoms with Crippen LogP contribution in [0.2, 0.25) is 0 Å². The number of hydrogen-bond acceptors (Lipinski definition) is 3. The predicted molar refractivity (Wildman–Crippen MR) is 79.0 cm³/mol. The molecule has 118 valence electrons. The highest BCUT2D eigenvalue weighted by molar-refractivity contribution is 5.91. The third kappa shape index (κ3) is 3.08. The number of para-hydroxylation sites is 1. The largest absolute Gasteiger partial charge is 0.451 e. The lowest BCUT2D eigenvalue weighted by molar-refractivity contribution is -0.144. The van der Waals surface area contributed by atoms with Crippen molar-refractivity contribution < 1.29 is 17.6 Å². The first kappa shape index (κ1) is 15.2. The molecule has 1 aromatic heterocycles. The van der Waals surface area contributed by atoms with Gasteiger partial charge in [-0.1, -0.05) is 18.2 Å². The fourth-order valence-corrected chi connectivity index (χ4v) is 2.20. The fraction of sp³-hybridized carbons (Fsp3) is 0.125. The van der Waals surface area contributed by atoms with Crippen LogP contribution in [0.4, 0.5) is 29.1 Å². The van der Waals surface area contributed by atoms with Crippen LogP contribution in [0.25, 0.3) is 10.9 Å². The number of benzene rings is 2. The van der Waals surface area contributed by atoms with E-state index < -0.39 is 17.8 Å². The summed E-state index contributed by atoms with van der Waals surface area (Å²) in [6.07, 6.45) is -4.76. The van der Waals surface area contributed by atoms with Crippen LogP contribution in [0.5, 0.6) is 0 Å². The summed E-state index contributed by atoms with van der Waals surface area (Å²) >= 11 is 0. The Bertz CT molecular complexity index is 875. The van der Waals surface area contributed by atoms with E-state index in [9.17, 15) is 17.6 Å². The van der Waals surface area contributed by atoms with Gasteiger partial charge in [0.2, 0.25) is 5.82 Å². The van der Waals surface area contributed by atoms with E-state index in [1.54, 1.807) is 18.2 Å². The fourth-order valence-electron chi connectivity index (χ4n) is 2.20. The van der Waals surface area contributed by atoms with Gasteiger partial charge in [-0.15, -0.1) is 0 Å². The Morgan fingerprint density at radius 2 is 1.74 bits per heavy atom. The lowest BCUT2D eigenvalue weighted by Crippen LogP contribution is -2.13. The molecule has 0 bridgehead atoms. The summed E-state index contributed by atoms with van der Waals surface area (Å²) in [5, 5.41) is 2.99. The molecule has 23 heavy (non-hydrogen) atoms. The molecule has 0 fully saturated rings. The Kier molecular flexibility index (Phi) is 3.63. The molecule has 0 atom stereocenters. The molecular weight excluding hydrogens is 310 g/mol. The van der Waals surface area contributed by atoms with Crippen LogP contribution in [-0.2, 0) is 6.18 Å². The van der Waals surface area contributed by atoms with Crippen molar-refractivity contribution in [2.75, 3.05) is 5.32 Å². The highest BCUT2D eigenvalue weighted by atomic mass is 19.4. The maximum Gasteiger partial charge on any atom is 0.451 e. The van der Waals surface area contributed by atoms with Gasteiger partial charge in [0.15, 0.2) is 0 Å². The maximum absolute atomic E-state index is 13.9. The number of aryl methyl sites for hydroxylation is 1. The van der Waals surface area contributed by atoms with E-state index in [1.807, 2.05) is 13.0 Å². The Morgan fingerprint density at radius 3 is 2.43 bits per heavy atom. The lowest BCUT2D eigenvalue weighted by atomic mass is 10.2. The number of rotatable bonds is 2. The number of fused-ring (bicyclic) bond motifs is 1. The van der Waals surface area contributed by atoms with Crippen LogP contribution in [0.15, 0.2) is 42.5 Å². The summed E-state index contributed by atoms with van der Waals surface area (Å²) in [6.45, 7) is 1.85. The minimum atomic E-state index is -4.76. The third-order valence-corrected chi connectivity index (χ3v) is 3.21. The highest BCUT2D eigenvalue weighted by Gasteiger charge is 2.36. The van der Waals surface area contributed by atoms with Crippen LogP contribution in [-0.4, -0.2) is 9.97 Å². The van der Waals surface area contributed by atoms with Gasteiger partial charge in [-0.3, -0.25) is 0 Å². The third-order valence-electron chi connectivity index (χ3n) is 3.21. The molecule has 2 aromatic carbocycles. The zero-order valence-electron chi connectivity index (χ0n) is 11.9. The quantitative estimate of drug-likeness (QED) is 0.686. The number of nitrogens with zero attached hydrogens (tertiary/aromatic N) is 2. The van der Waals surface area contributed by atoms with Gasteiger partial charge in [0.05, 0.1) is 0 Å². The lowest BCUT2D eigenvalue weighted by Gasteiger charge is -2.13. The number of anilines is 2. The molecule has 0 saturated carbocycles. The van der Waals surface area contributed by atoms with Crippen molar-refractivity contribution in [3.63, 3.8) is 0 Å². The molecule has 0 saturated heterocycles. The molecule has 0 aliphatic carbocycles. The molecule has 0 unspecified atom stereocenters. The average molecular weight is 321 g/mol. The molecule has 0 aliphatic rings. The maximum atomic E-state index is 13.9. The van der Waals surface area contributed by atoms with Gasteiger partial charge in [-0.25, -0.2) is 14.4 Å². The van der Waals surface area contributed by atoms with Gasteiger partial charge in [0.25, 0.3) is 0 Å². The number of hydrogen-bond donors (Lipinski definition) is 1. The highest BCUT2D eigenvalue weighted by Crippen LogP contribution is 2.32. The number of halogens is 4. The van der Waals surface area contributed by atoms with Gasteiger partial charge in [-0.2, -0.15) is 13.2 Å². The Morgan fingerprint density at radius 1 is 1.00 bits per heavy atom. The van der Waals surface area contributed by atoms with Crippen LogP contribution in [0.1, 0.15) is 11.4 Å². The Balaban J connectivity index is 2.19. The van der Waals surface area contributed by atoms with Crippen molar-refractivity contribution >= 4 is 22.4 Å². The second-order valence-corrected chi connectivity index (χ2v) is 5.02. The van der Waals surface area contributed by atoms with Gasteiger partial charge >= 0.3 is 6.18 Å². The van der Waals surface area contributed by atoms with Crippen LogP contribution in [0.3, 0.4) is 0 Å². The van der Waals surface area contributed by atoms with Crippen molar-refractivity contribution in [3.8, 4) is 0 Å². The Labute approximate surface area is 129 Å². The minimum absolute atomic E-state index is 0.0903. The van der Waals surface area contributed by atoms with Crippen LogP contribution in [0, 0.1) is 12.7 Å². The Hall–Kier alpha value is -2.70. The zero-order chi connectivity index (χ0) is 16.6. The van der Waals surface area contributed by atoms with Crippen molar-refractivity contribution in [1.29, 1.82) is 0 Å². The van der Waals surface area contributed by atoms with E-state index in [1.165, 1.54) is 12.1 Å². The second-order valence-electron chi connectivity index (χ2n) is 5.02.